The van der Waals surface area contributed by atoms with Crippen LogP contribution in [0, 0.1) is 0 Å². The predicted molar refractivity (Wildman–Crippen MR) is 93.1 cm³/mol. The van der Waals surface area contributed by atoms with Gasteiger partial charge in [-0.05, 0) is 24.3 Å². The average molecular weight is 432 g/mol. The van der Waals surface area contributed by atoms with Gasteiger partial charge in [0.05, 0.1) is 17.3 Å². The molecule has 1 aromatic heterocycles. The number of ether oxygens (including phenoxy) is 1. The van der Waals surface area contributed by atoms with Crippen molar-refractivity contribution >= 4 is 21.8 Å². The molecule has 1 saturated heterocycles. The number of rotatable bonds is 5. The summed E-state index contributed by atoms with van der Waals surface area (Å²) >= 11 is 0. The van der Waals surface area contributed by atoms with E-state index in [0.717, 1.165) is 30.5 Å². The van der Waals surface area contributed by atoms with Gasteiger partial charge in [-0.3, -0.25) is 0 Å². The molecule has 2 heterocycles. The van der Waals surface area contributed by atoms with Crippen LogP contribution in [0.4, 0.5) is 19.0 Å². The Balaban J connectivity index is 1.65. The molecule has 0 spiro atoms. The summed E-state index contributed by atoms with van der Waals surface area (Å²) in [5.74, 6) is -1.29. The van der Waals surface area contributed by atoms with Crippen LogP contribution < -0.4 is 9.64 Å². The van der Waals surface area contributed by atoms with E-state index in [-0.39, 0.29) is 36.8 Å². The molecule has 1 aliphatic heterocycles. The van der Waals surface area contributed by atoms with Crippen LogP contribution in [0.1, 0.15) is 10.5 Å². The number of carboxylic acids is 1. The minimum atomic E-state index is -4.86. The highest BCUT2D eigenvalue weighted by Crippen LogP contribution is 2.25. The topological polar surface area (TPSA) is 113 Å². The van der Waals surface area contributed by atoms with Gasteiger partial charge < -0.3 is 14.7 Å². The third kappa shape index (κ3) is 4.92. The van der Waals surface area contributed by atoms with E-state index in [1.165, 1.54) is 10.5 Å². The van der Waals surface area contributed by atoms with Crippen molar-refractivity contribution < 1.29 is 36.2 Å². The number of carboxylic acid groups (broad SMARTS) is 1. The van der Waals surface area contributed by atoms with Crippen LogP contribution in [0.15, 0.2) is 41.6 Å². The van der Waals surface area contributed by atoms with Gasteiger partial charge in [0, 0.05) is 26.2 Å². The quantitative estimate of drug-likeness (QED) is 0.758. The monoisotopic (exact) mass is 432 g/mol. The third-order valence-corrected chi connectivity index (χ3v) is 6.03. The van der Waals surface area contributed by atoms with Gasteiger partial charge in [-0.1, -0.05) is 0 Å². The Morgan fingerprint density at radius 3 is 2.14 bits per heavy atom. The van der Waals surface area contributed by atoms with Gasteiger partial charge in [0.15, 0.2) is 5.69 Å². The maximum Gasteiger partial charge on any atom is 0.573 e. The molecular formula is C16H15F3N4O5S. The number of benzene rings is 1. The number of hydrogen-bond acceptors (Lipinski definition) is 7. The number of sulfonamides is 1. The lowest BCUT2D eigenvalue weighted by molar-refractivity contribution is -0.274. The van der Waals surface area contributed by atoms with Crippen LogP contribution in [-0.2, 0) is 10.0 Å². The Kier molecular flexibility index (Phi) is 5.61. The maximum atomic E-state index is 12.7. The lowest BCUT2D eigenvalue weighted by Gasteiger charge is -2.34. The predicted octanol–water partition coefficient (Wildman–Crippen LogP) is 1.58. The number of alkyl halides is 3. The number of nitrogens with zero attached hydrogens (tertiary/aromatic N) is 4. The fourth-order valence-electron chi connectivity index (χ4n) is 2.71. The molecule has 29 heavy (non-hydrogen) atoms. The maximum absolute atomic E-state index is 12.7. The van der Waals surface area contributed by atoms with E-state index in [4.69, 9.17) is 5.11 Å². The van der Waals surface area contributed by atoms with Gasteiger partial charge in [-0.25, -0.2) is 23.2 Å². The van der Waals surface area contributed by atoms with Crippen LogP contribution >= 0.6 is 0 Å². The van der Waals surface area contributed by atoms with E-state index >= 15 is 0 Å². The molecule has 1 aromatic carbocycles. The number of anilines is 1. The van der Waals surface area contributed by atoms with Crippen LogP contribution in [0.5, 0.6) is 5.75 Å². The molecule has 0 atom stereocenters. The summed E-state index contributed by atoms with van der Waals surface area (Å²) in [7, 11) is -3.89. The van der Waals surface area contributed by atoms with E-state index < -0.39 is 28.1 Å². The summed E-state index contributed by atoms with van der Waals surface area (Å²) in [4.78, 5) is 20.2. The molecule has 0 bridgehead atoms. The molecule has 2 aromatic rings. The van der Waals surface area contributed by atoms with Crippen molar-refractivity contribution in [1.82, 2.24) is 14.3 Å². The lowest BCUT2D eigenvalue weighted by atomic mass is 10.3. The van der Waals surface area contributed by atoms with Crippen LogP contribution in [0.3, 0.4) is 0 Å². The zero-order valence-electron chi connectivity index (χ0n) is 14.7. The third-order valence-electron chi connectivity index (χ3n) is 4.12. The Bertz CT molecular complexity index is 973. The fourth-order valence-corrected chi connectivity index (χ4v) is 4.14. The Morgan fingerprint density at radius 2 is 1.66 bits per heavy atom. The SMILES string of the molecule is O=C(O)c1cnc(N2CCN(S(=O)(=O)c3ccc(OC(F)(F)F)cc3)CC2)cn1. The number of carbonyl (C=O) groups is 1. The largest absolute Gasteiger partial charge is 0.573 e. The van der Waals surface area contributed by atoms with Crippen LogP contribution in [0.25, 0.3) is 0 Å². The lowest BCUT2D eigenvalue weighted by Crippen LogP contribution is -2.49. The van der Waals surface area contributed by atoms with Crippen molar-refractivity contribution in [1.29, 1.82) is 0 Å². The normalized spacial score (nSPS) is 15.9. The molecule has 1 fully saturated rings. The first-order valence-electron chi connectivity index (χ1n) is 8.22. The first-order chi connectivity index (χ1) is 13.6. The molecule has 0 saturated carbocycles. The number of hydrogen-bond donors (Lipinski definition) is 1. The first kappa shape index (κ1) is 20.8. The molecular weight excluding hydrogens is 417 g/mol. The van der Waals surface area contributed by atoms with Crippen molar-refractivity contribution in [2.24, 2.45) is 0 Å². The van der Waals surface area contributed by atoms with E-state index in [1.807, 2.05) is 0 Å². The van der Waals surface area contributed by atoms with Gasteiger partial charge >= 0.3 is 12.3 Å². The van der Waals surface area contributed by atoms with Crippen molar-refractivity contribution in [3.63, 3.8) is 0 Å². The van der Waals surface area contributed by atoms with Gasteiger partial charge in [0.25, 0.3) is 0 Å². The van der Waals surface area contributed by atoms with Gasteiger partial charge in [-0.2, -0.15) is 4.31 Å². The average Bonchev–Trinajstić information content (AvgIpc) is 2.67. The molecule has 156 valence electrons. The van der Waals surface area contributed by atoms with Crippen LogP contribution in [0.2, 0.25) is 0 Å². The number of aromatic nitrogens is 2. The molecule has 13 heteroatoms. The van der Waals surface area contributed by atoms with Gasteiger partial charge in [-0.15, -0.1) is 13.2 Å². The smallest absolute Gasteiger partial charge is 0.476 e. The molecule has 3 rings (SSSR count). The number of aromatic carboxylic acids is 1. The van der Waals surface area contributed by atoms with E-state index in [1.54, 1.807) is 4.90 Å². The van der Waals surface area contributed by atoms with Crippen molar-refractivity contribution in [3.8, 4) is 5.75 Å². The molecule has 1 N–H and O–H groups in total. The van der Waals surface area contributed by atoms with Gasteiger partial charge in [0.1, 0.15) is 11.6 Å². The molecule has 9 nitrogen and oxygen atoms in total. The highest BCUT2D eigenvalue weighted by atomic mass is 32.2. The standard InChI is InChI=1S/C16H15F3N4O5S/c17-16(18,19)28-11-1-3-12(4-2-11)29(26,27)23-7-5-22(6-8-23)14-10-20-13(9-21-14)15(24)25/h1-4,9-10H,5-8H2,(H,24,25). The fraction of sp³-hybridized carbons (Fsp3) is 0.312. The molecule has 1 aliphatic rings. The summed E-state index contributed by atoms with van der Waals surface area (Å²) in [6.45, 7) is 0.808. The molecule has 0 amide bonds. The second kappa shape index (κ2) is 7.83. The number of piperazine rings is 1. The van der Waals surface area contributed by atoms with Crippen molar-refractivity contribution in [2.75, 3.05) is 31.1 Å². The summed E-state index contributed by atoms with van der Waals surface area (Å²) < 4.78 is 67.0. The highest BCUT2D eigenvalue weighted by Gasteiger charge is 2.32. The first-order valence-corrected chi connectivity index (χ1v) is 9.66. The summed E-state index contributed by atoms with van der Waals surface area (Å²) in [6, 6.07) is 3.99. The second-order valence-corrected chi connectivity index (χ2v) is 7.91. The Hall–Kier alpha value is -2.93. The van der Waals surface area contributed by atoms with Crippen molar-refractivity contribution in [3.05, 3.63) is 42.4 Å². The Labute approximate surface area is 163 Å². The number of halogens is 3. The zero-order valence-corrected chi connectivity index (χ0v) is 15.5. The Morgan fingerprint density at radius 1 is 1.03 bits per heavy atom. The second-order valence-electron chi connectivity index (χ2n) is 5.98. The van der Waals surface area contributed by atoms with Crippen molar-refractivity contribution in [2.45, 2.75) is 11.3 Å². The molecule has 0 aliphatic carbocycles. The molecule has 0 unspecified atom stereocenters. The highest BCUT2D eigenvalue weighted by molar-refractivity contribution is 7.89. The minimum Gasteiger partial charge on any atom is -0.476 e. The van der Waals surface area contributed by atoms with Crippen LogP contribution in [-0.4, -0.2) is 66.3 Å². The minimum absolute atomic E-state index is 0.117. The summed E-state index contributed by atoms with van der Waals surface area (Å²) in [5, 5.41) is 8.84. The summed E-state index contributed by atoms with van der Waals surface area (Å²) in [6.07, 6.45) is -2.44. The van der Waals surface area contributed by atoms with E-state index in [9.17, 15) is 26.4 Å². The van der Waals surface area contributed by atoms with E-state index in [2.05, 4.69) is 14.7 Å². The summed E-state index contributed by atoms with van der Waals surface area (Å²) in [5.41, 5.74) is -0.201. The van der Waals surface area contributed by atoms with Gasteiger partial charge in [0.2, 0.25) is 10.0 Å². The van der Waals surface area contributed by atoms with E-state index in [0.29, 0.717) is 5.82 Å². The zero-order chi connectivity index (χ0) is 21.2. The molecule has 0 radical (unpaired) electrons.